The largest absolute Gasteiger partial charge is 0.313 e. The lowest BCUT2D eigenvalue weighted by atomic mass is 9.92. The van der Waals surface area contributed by atoms with Crippen molar-refractivity contribution in [2.24, 2.45) is 11.8 Å². The first-order chi connectivity index (χ1) is 9.16. The molecule has 1 saturated carbocycles. The molecule has 3 rings (SSSR count). The fraction of sp³-hybridized carbons (Fsp3) is 0.647. The molecule has 4 atom stereocenters. The molecule has 0 heterocycles. The smallest absolute Gasteiger partial charge is 0.0166 e. The lowest BCUT2D eigenvalue weighted by Crippen LogP contribution is -2.37. The quantitative estimate of drug-likeness (QED) is 0.873. The zero-order chi connectivity index (χ0) is 13.4. The number of rotatable bonds is 5. The molecule has 1 N–H and O–H groups in total. The van der Waals surface area contributed by atoms with Crippen LogP contribution in [0, 0.1) is 11.8 Å². The Bertz CT molecular complexity index is 441. The molecule has 104 valence electrons. The van der Waals surface area contributed by atoms with Crippen molar-refractivity contribution in [3.63, 3.8) is 0 Å². The van der Waals surface area contributed by atoms with E-state index in [1.807, 2.05) is 0 Å². The molecule has 4 unspecified atom stereocenters. The summed E-state index contributed by atoms with van der Waals surface area (Å²) in [6.45, 7) is 4.61. The number of likely N-dealkylation sites (N-methyl/N-ethyl adjacent to an activating group) is 1. The van der Waals surface area contributed by atoms with Gasteiger partial charge in [-0.05, 0) is 69.3 Å². The van der Waals surface area contributed by atoms with Crippen molar-refractivity contribution in [3.8, 4) is 0 Å². The normalized spacial score (nSPS) is 29.8. The topological polar surface area (TPSA) is 15.3 Å². The van der Waals surface area contributed by atoms with Crippen molar-refractivity contribution >= 4 is 0 Å². The molecule has 19 heavy (non-hydrogen) atoms. The van der Waals surface area contributed by atoms with Crippen molar-refractivity contribution in [3.05, 3.63) is 35.4 Å². The van der Waals surface area contributed by atoms with Gasteiger partial charge in [0.1, 0.15) is 0 Å². The summed E-state index contributed by atoms with van der Waals surface area (Å²) in [5.74, 6) is 2.69. The van der Waals surface area contributed by atoms with E-state index in [0.717, 1.165) is 24.3 Å². The summed E-state index contributed by atoms with van der Waals surface area (Å²) in [7, 11) is 4.29. The molecule has 1 aromatic rings. The van der Waals surface area contributed by atoms with Crippen molar-refractivity contribution in [2.45, 2.75) is 31.7 Å². The Kier molecular flexibility index (Phi) is 3.64. The van der Waals surface area contributed by atoms with Gasteiger partial charge in [-0.3, -0.25) is 0 Å². The van der Waals surface area contributed by atoms with E-state index in [1.54, 1.807) is 11.1 Å². The molecule has 0 amide bonds. The van der Waals surface area contributed by atoms with E-state index in [9.17, 15) is 0 Å². The minimum atomic E-state index is 0.591. The van der Waals surface area contributed by atoms with Gasteiger partial charge in [-0.25, -0.2) is 0 Å². The van der Waals surface area contributed by atoms with Crippen molar-refractivity contribution in [1.29, 1.82) is 0 Å². The monoisotopic (exact) mass is 258 g/mol. The standard InChI is InChI=1S/C17H26N2/c1-12(11-19(2)3)18-10-16-15-9-8-13-6-4-5-7-14(13)17(15)16/h4-7,12,15-18H,8-11H2,1-3H3. The van der Waals surface area contributed by atoms with Gasteiger partial charge in [-0.2, -0.15) is 0 Å². The van der Waals surface area contributed by atoms with Crippen LogP contribution in [0.15, 0.2) is 24.3 Å². The lowest BCUT2D eigenvalue weighted by molar-refractivity contribution is 0.345. The Hall–Kier alpha value is -0.860. The summed E-state index contributed by atoms with van der Waals surface area (Å²) in [4.78, 5) is 2.26. The Balaban J connectivity index is 1.56. The molecule has 0 aliphatic heterocycles. The van der Waals surface area contributed by atoms with Crippen LogP contribution in [0.5, 0.6) is 0 Å². The SMILES string of the molecule is CC(CN(C)C)NCC1C2CCc3ccccc3C21. The van der Waals surface area contributed by atoms with Crippen LogP contribution < -0.4 is 5.32 Å². The molecule has 1 aromatic carbocycles. The highest BCUT2D eigenvalue weighted by Crippen LogP contribution is 2.59. The maximum atomic E-state index is 3.72. The first-order valence-corrected chi connectivity index (χ1v) is 7.62. The Morgan fingerprint density at radius 3 is 2.89 bits per heavy atom. The summed E-state index contributed by atoms with van der Waals surface area (Å²) < 4.78 is 0. The lowest BCUT2D eigenvalue weighted by Gasteiger charge is -2.18. The fourth-order valence-corrected chi connectivity index (χ4v) is 3.94. The number of nitrogens with zero attached hydrogens (tertiary/aromatic N) is 1. The average molecular weight is 258 g/mol. The van der Waals surface area contributed by atoms with Crippen molar-refractivity contribution in [1.82, 2.24) is 10.2 Å². The highest BCUT2D eigenvalue weighted by Gasteiger charge is 2.52. The number of aryl methyl sites for hydroxylation is 1. The van der Waals surface area contributed by atoms with E-state index < -0.39 is 0 Å². The Labute approximate surface area is 117 Å². The molecular formula is C17H26N2. The third kappa shape index (κ3) is 2.70. The maximum absolute atomic E-state index is 3.72. The number of hydrogen-bond donors (Lipinski definition) is 1. The molecule has 1 fully saturated rings. The van der Waals surface area contributed by atoms with Gasteiger partial charge in [-0.15, -0.1) is 0 Å². The van der Waals surface area contributed by atoms with Gasteiger partial charge in [0.05, 0.1) is 0 Å². The average Bonchev–Trinajstić information content (AvgIpc) is 3.09. The molecule has 0 spiro atoms. The van der Waals surface area contributed by atoms with Crippen LogP contribution in [0.4, 0.5) is 0 Å². The minimum absolute atomic E-state index is 0.591. The second kappa shape index (κ2) is 5.26. The molecule has 0 radical (unpaired) electrons. The van der Waals surface area contributed by atoms with E-state index in [4.69, 9.17) is 0 Å². The van der Waals surface area contributed by atoms with Crippen LogP contribution in [0.25, 0.3) is 0 Å². The fourth-order valence-electron chi connectivity index (χ4n) is 3.94. The second-order valence-electron chi connectivity index (χ2n) is 6.66. The second-order valence-corrected chi connectivity index (χ2v) is 6.66. The maximum Gasteiger partial charge on any atom is 0.0166 e. The van der Waals surface area contributed by atoms with Crippen molar-refractivity contribution < 1.29 is 0 Å². The number of benzene rings is 1. The van der Waals surface area contributed by atoms with E-state index in [1.165, 1.54) is 19.4 Å². The summed E-state index contributed by atoms with van der Waals surface area (Å²) in [5, 5.41) is 3.72. The Morgan fingerprint density at radius 1 is 1.32 bits per heavy atom. The summed E-state index contributed by atoms with van der Waals surface area (Å²) in [6.07, 6.45) is 2.69. The molecule has 0 saturated heterocycles. The van der Waals surface area contributed by atoms with Gasteiger partial charge < -0.3 is 10.2 Å². The molecular weight excluding hydrogens is 232 g/mol. The molecule has 2 aliphatic rings. The number of hydrogen-bond acceptors (Lipinski definition) is 2. The molecule has 2 heteroatoms. The van der Waals surface area contributed by atoms with Crippen LogP contribution in [0.3, 0.4) is 0 Å². The zero-order valence-electron chi connectivity index (χ0n) is 12.4. The van der Waals surface area contributed by atoms with Gasteiger partial charge in [0.2, 0.25) is 0 Å². The van der Waals surface area contributed by atoms with E-state index in [0.29, 0.717) is 6.04 Å². The van der Waals surface area contributed by atoms with Gasteiger partial charge in [0, 0.05) is 12.6 Å². The summed E-state index contributed by atoms with van der Waals surface area (Å²) >= 11 is 0. The van der Waals surface area contributed by atoms with Crippen LogP contribution in [0.1, 0.15) is 30.4 Å². The van der Waals surface area contributed by atoms with Crippen LogP contribution in [0.2, 0.25) is 0 Å². The first kappa shape index (κ1) is 13.1. The van der Waals surface area contributed by atoms with Gasteiger partial charge in [0.15, 0.2) is 0 Å². The van der Waals surface area contributed by atoms with Crippen LogP contribution >= 0.6 is 0 Å². The van der Waals surface area contributed by atoms with E-state index in [-0.39, 0.29) is 0 Å². The van der Waals surface area contributed by atoms with Crippen molar-refractivity contribution in [2.75, 3.05) is 27.2 Å². The highest BCUT2D eigenvalue weighted by molar-refractivity contribution is 5.39. The third-order valence-electron chi connectivity index (χ3n) is 4.83. The van der Waals surface area contributed by atoms with Gasteiger partial charge >= 0.3 is 0 Å². The van der Waals surface area contributed by atoms with Gasteiger partial charge in [-0.1, -0.05) is 24.3 Å². The minimum Gasteiger partial charge on any atom is -0.313 e. The first-order valence-electron chi connectivity index (χ1n) is 7.62. The third-order valence-corrected chi connectivity index (χ3v) is 4.83. The zero-order valence-corrected chi connectivity index (χ0v) is 12.4. The summed E-state index contributed by atoms with van der Waals surface area (Å²) in [6, 6.07) is 9.67. The molecule has 2 aliphatic carbocycles. The van der Waals surface area contributed by atoms with Crippen LogP contribution in [-0.2, 0) is 6.42 Å². The number of fused-ring (bicyclic) bond motifs is 3. The van der Waals surface area contributed by atoms with Crippen LogP contribution in [-0.4, -0.2) is 38.1 Å². The molecule has 0 aromatic heterocycles. The van der Waals surface area contributed by atoms with Gasteiger partial charge in [0.25, 0.3) is 0 Å². The molecule has 2 nitrogen and oxygen atoms in total. The molecule has 0 bridgehead atoms. The highest BCUT2D eigenvalue weighted by atomic mass is 15.1. The Morgan fingerprint density at radius 2 is 2.11 bits per heavy atom. The van der Waals surface area contributed by atoms with E-state index in [2.05, 4.69) is 55.5 Å². The predicted octanol–water partition coefficient (Wildman–Crippen LogP) is 2.50. The van der Waals surface area contributed by atoms with E-state index >= 15 is 0 Å². The summed E-state index contributed by atoms with van der Waals surface area (Å²) in [5.41, 5.74) is 3.25. The predicted molar refractivity (Wildman–Crippen MR) is 80.5 cm³/mol. The number of nitrogens with one attached hydrogen (secondary N) is 1.